The molecule has 0 N–H and O–H groups in total. The summed E-state index contributed by atoms with van der Waals surface area (Å²) >= 11 is 0. The van der Waals surface area contributed by atoms with Gasteiger partial charge >= 0.3 is 0 Å². The van der Waals surface area contributed by atoms with Crippen LogP contribution in [0.15, 0.2) is 16.7 Å². The van der Waals surface area contributed by atoms with Gasteiger partial charge in [-0.2, -0.15) is 0 Å². The summed E-state index contributed by atoms with van der Waals surface area (Å²) in [5, 5.41) is 0. The van der Waals surface area contributed by atoms with Gasteiger partial charge in [0, 0.05) is 37.3 Å². The molecule has 1 aliphatic heterocycles. The van der Waals surface area contributed by atoms with Gasteiger partial charge in [-0.15, -0.1) is 0 Å². The lowest BCUT2D eigenvalue weighted by molar-refractivity contribution is -0.122. The van der Waals surface area contributed by atoms with Gasteiger partial charge < -0.3 is 18.8 Å². The quantitative estimate of drug-likeness (QED) is 0.751. The topological polar surface area (TPSA) is 42.7 Å². The highest BCUT2D eigenvalue weighted by molar-refractivity contribution is 5.60. The summed E-state index contributed by atoms with van der Waals surface area (Å²) in [6.07, 6.45) is 4.48. The number of aryl methyl sites for hydroxylation is 1. The second kappa shape index (κ2) is 5.67. The van der Waals surface area contributed by atoms with Crippen molar-refractivity contribution in [2.45, 2.75) is 26.3 Å². The fraction of sp³-hybridized carbons (Fsp3) is 0.643. The van der Waals surface area contributed by atoms with Crippen LogP contribution in [0.4, 0.5) is 0 Å². The predicted octanol–water partition coefficient (Wildman–Crippen LogP) is 2.02. The number of nitrogens with zero attached hydrogens (tertiary/aromatic N) is 1. The molecule has 0 atom stereocenters. The Morgan fingerprint density at radius 3 is 2.72 bits per heavy atom. The summed E-state index contributed by atoms with van der Waals surface area (Å²) in [5.41, 5.74) is 0.954. The summed E-state index contributed by atoms with van der Waals surface area (Å²) < 4.78 is 10.6. The van der Waals surface area contributed by atoms with Crippen molar-refractivity contribution in [3.8, 4) is 0 Å². The molecule has 100 valence electrons. The van der Waals surface area contributed by atoms with Gasteiger partial charge in [-0.1, -0.05) is 0 Å². The molecule has 1 aliphatic rings. The molecule has 1 fully saturated rings. The van der Waals surface area contributed by atoms with Crippen molar-refractivity contribution >= 4 is 6.29 Å². The lowest BCUT2D eigenvalue weighted by atomic mass is 9.81. The van der Waals surface area contributed by atoms with Crippen LogP contribution in [0.2, 0.25) is 0 Å². The number of aldehydes is 1. The van der Waals surface area contributed by atoms with Gasteiger partial charge in [-0.05, 0) is 32.9 Å². The fourth-order valence-electron chi connectivity index (χ4n) is 2.55. The number of ether oxygens (including phenoxy) is 1. The zero-order valence-electron chi connectivity index (χ0n) is 11.1. The van der Waals surface area contributed by atoms with E-state index in [1.165, 1.54) is 5.56 Å². The van der Waals surface area contributed by atoms with Crippen LogP contribution in [0.25, 0.3) is 0 Å². The number of hydrogen-bond donors (Lipinski definition) is 0. The molecule has 1 aromatic rings. The maximum absolute atomic E-state index is 11.4. The van der Waals surface area contributed by atoms with E-state index in [0.29, 0.717) is 13.2 Å². The van der Waals surface area contributed by atoms with Crippen LogP contribution >= 0.6 is 0 Å². The van der Waals surface area contributed by atoms with Crippen molar-refractivity contribution in [1.29, 1.82) is 0 Å². The molecule has 1 saturated heterocycles. The summed E-state index contributed by atoms with van der Waals surface area (Å²) in [5.74, 6) is 0.953. The van der Waals surface area contributed by atoms with Crippen molar-refractivity contribution in [2.75, 3.05) is 26.8 Å². The van der Waals surface area contributed by atoms with E-state index >= 15 is 0 Å². The van der Waals surface area contributed by atoms with Gasteiger partial charge in [0.25, 0.3) is 0 Å². The zero-order valence-corrected chi connectivity index (χ0v) is 11.1. The van der Waals surface area contributed by atoms with E-state index < -0.39 is 0 Å². The van der Waals surface area contributed by atoms with Crippen LogP contribution in [-0.2, 0) is 16.1 Å². The van der Waals surface area contributed by atoms with Crippen LogP contribution in [-0.4, -0.2) is 38.0 Å². The van der Waals surface area contributed by atoms with Crippen molar-refractivity contribution in [1.82, 2.24) is 4.90 Å². The fourth-order valence-corrected chi connectivity index (χ4v) is 2.55. The minimum atomic E-state index is -0.232. The van der Waals surface area contributed by atoms with Crippen molar-refractivity contribution in [3.63, 3.8) is 0 Å². The first-order valence-electron chi connectivity index (χ1n) is 6.41. The van der Waals surface area contributed by atoms with E-state index in [1.807, 2.05) is 20.0 Å². The Morgan fingerprint density at radius 2 is 2.17 bits per heavy atom. The molecule has 2 rings (SSSR count). The third-order valence-electron chi connectivity index (χ3n) is 3.73. The minimum Gasteiger partial charge on any atom is -0.469 e. The van der Waals surface area contributed by atoms with E-state index in [4.69, 9.17) is 9.15 Å². The molecular weight excluding hydrogens is 230 g/mol. The molecular formula is C14H21NO3. The number of carbonyl (C=O) groups is 1. The number of carbonyl (C=O) groups excluding carboxylic acids is 1. The molecule has 4 nitrogen and oxygen atoms in total. The first-order valence-corrected chi connectivity index (χ1v) is 6.41. The third-order valence-corrected chi connectivity index (χ3v) is 3.73. The highest BCUT2D eigenvalue weighted by Gasteiger charge is 2.33. The van der Waals surface area contributed by atoms with Crippen molar-refractivity contribution in [3.05, 3.63) is 23.7 Å². The standard InChI is InChI=1S/C14H21NO3/c1-12-13(3-6-18-12)9-15(2)10-14(11-16)4-7-17-8-5-14/h3,6,11H,4-5,7-10H2,1-2H3. The lowest BCUT2D eigenvalue weighted by Gasteiger charge is -2.35. The molecule has 0 aromatic carbocycles. The maximum atomic E-state index is 11.4. The Bertz CT molecular complexity index is 393. The van der Waals surface area contributed by atoms with Gasteiger partial charge in [0.05, 0.1) is 6.26 Å². The maximum Gasteiger partial charge on any atom is 0.127 e. The smallest absolute Gasteiger partial charge is 0.127 e. The van der Waals surface area contributed by atoms with Gasteiger partial charge in [0.1, 0.15) is 12.0 Å². The van der Waals surface area contributed by atoms with E-state index in [2.05, 4.69) is 4.90 Å². The normalized spacial score (nSPS) is 19.1. The molecule has 0 radical (unpaired) electrons. The van der Waals surface area contributed by atoms with E-state index in [-0.39, 0.29) is 5.41 Å². The van der Waals surface area contributed by atoms with Gasteiger partial charge in [0.15, 0.2) is 0 Å². The van der Waals surface area contributed by atoms with Crippen LogP contribution in [0, 0.1) is 12.3 Å². The Morgan fingerprint density at radius 1 is 1.44 bits per heavy atom. The summed E-state index contributed by atoms with van der Waals surface area (Å²) in [7, 11) is 2.05. The molecule has 18 heavy (non-hydrogen) atoms. The van der Waals surface area contributed by atoms with Crippen LogP contribution in [0.3, 0.4) is 0 Å². The third kappa shape index (κ3) is 3.00. The molecule has 0 saturated carbocycles. The molecule has 1 aromatic heterocycles. The molecule has 0 bridgehead atoms. The van der Waals surface area contributed by atoms with Gasteiger partial charge in [0.2, 0.25) is 0 Å². The first-order chi connectivity index (χ1) is 8.65. The summed E-state index contributed by atoms with van der Waals surface area (Å²) in [6, 6.07) is 1.99. The molecule has 2 heterocycles. The highest BCUT2D eigenvalue weighted by atomic mass is 16.5. The number of rotatable bonds is 5. The van der Waals surface area contributed by atoms with E-state index in [1.54, 1.807) is 6.26 Å². The van der Waals surface area contributed by atoms with Crippen LogP contribution in [0.5, 0.6) is 0 Å². The highest BCUT2D eigenvalue weighted by Crippen LogP contribution is 2.29. The average molecular weight is 251 g/mol. The van der Waals surface area contributed by atoms with Crippen molar-refractivity contribution in [2.24, 2.45) is 5.41 Å². The van der Waals surface area contributed by atoms with E-state index in [0.717, 1.165) is 38.0 Å². The molecule has 0 amide bonds. The lowest BCUT2D eigenvalue weighted by Crippen LogP contribution is -2.41. The van der Waals surface area contributed by atoms with Crippen molar-refractivity contribution < 1.29 is 13.9 Å². The molecule has 0 spiro atoms. The number of hydrogen-bond acceptors (Lipinski definition) is 4. The van der Waals surface area contributed by atoms with Crippen LogP contribution in [0.1, 0.15) is 24.2 Å². The largest absolute Gasteiger partial charge is 0.469 e. The first kappa shape index (κ1) is 13.3. The SMILES string of the molecule is Cc1occc1CN(C)CC1(C=O)CCOCC1. The average Bonchev–Trinajstić information content (AvgIpc) is 2.76. The Labute approximate surface area is 108 Å². The summed E-state index contributed by atoms with van der Waals surface area (Å²) in [6.45, 7) is 4.95. The summed E-state index contributed by atoms with van der Waals surface area (Å²) in [4.78, 5) is 13.6. The minimum absolute atomic E-state index is 0.232. The Balaban J connectivity index is 1.95. The monoisotopic (exact) mass is 251 g/mol. The van der Waals surface area contributed by atoms with Crippen LogP contribution < -0.4 is 0 Å². The second-order valence-electron chi connectivity index (χ2n) is 5.27. The Kier molecular flexibility index (Phi) is 4.19. The predicted molar refractivity (Wildman–Crippen MR) is 68.3 cm³/mol. The van der Waals surface area contributed by atoms with E-state index in [9.17, 15) is 4.79 Å². The Hall–Kier alpha value is -1.13. The molecule has 4 heteroatoms. The van der Waals surface area contributed by atoms with Gasteiger partial charge in [-0.25, -0.2) is 0 Å². The number of furan rings is 1. The second-order valence-corrected chi connectivity index (χ2v) is 5.27. The van der Waals surface area contributed by atoms with Gasteiger partial charge in [-0.3, -0.25) is 0 Å². The zero-order chi connectivity index (χ0) is 13.0. The molecule has 0 aliphatic carbocycles. The molecule has 0 unspecified atom stereocenters.